The van der Waals surface area contributed by atoms with E-state index < -0.39 is 0 Å². The third-order valence-electron chi connectivity index (χ3n) is 5.79. The van der Waals surface area contributed by atoms with Gasteiger partial charge in [0.2, 0.25) is 0 Å². The fourth-order valence-electron chi connectivity index (χ4n) is 3.99. The monoisotopic (exact) mass is 472 g/mol. The SMILES string of the molecule is Cc1c(-c2ccccc2)sc(NC(=O)c2cnn(-c3ccccc3)c2)c1C(=O)N1CCOCC1. The minimum Gasteiger partial charge on any atom is -0.378 e. The van der Waals surface area contributed by atoms with Gasteiger partial charge in [-0.15, -0.1) is 11.3 Å². The molecule has 4 aromatic rings. The molecule has 1 saturated heterocycles. The number of aromatic nitrogens is 2. The molecule has 0 radical (unpaired) electrons. The van der Waals surface area contributed by atoms with Gasteiger partial charge in [-0.2, -0.15) is 5.10 Å². The molecule has 2 aromatic carbocycles. The Labute approximate surface area is 201 Å². The number of anilines is 1. The minimum atomic E-state index is -0.306. The van der Waals surface area contributed by atoms with Crippen molar-refractivity contribution in [1.29, 1.82) is 0 Å². The number of ether oxygens (including phenoxy) is 1. The van der Waals surface area contributed by atoms with E-state index in [1.807, 2.05) is 67.6 Å². The number of carbonyl (C=O) groups is 2. The number of hydrogen-bond donors (Lipinski definition) is 1. The predicted molar refractivity (Wildman–Crippen MR) is 133 cm³/mol. The Morgan fingerprint density at radius 2 is 1.68 bits per heavy atom. The van der Waals surface area contributed by atoms with Gasteiger partial charge >= 0.3 is 0 Å². The number of morpholine rings is 1. The first-order chi connectivity index (χ1) is 16.6. The number of carbonyl (C=O) groups excluding carboxylic acids is 2. The van der Waals surface area contributed by atoms with Gasteiger partial charge in [0, 0.05) is 24.2 Å². The first-order valence-corrected chi connectivity index (χ1v) is 11.9. The maximum Gasteiger partial charge on any atom is 0.259 e. The Balaban J connectivity index is 1.48. The van der Waals surface area contributed by atoms with Crippen LogP contribution in [0.15, 0.2) is 73.1 Å². The van der Waals surface area contributed by atoms with Crippen molar-refractivity contribution < 1.29 is 14.3 Å². The van der Waals surface area contributed by atoms with Gasteiger partial charge in [-0.25, -0.2) is 4.68 Å². The summed E-state index contributed by atoms with van der Waals surface area (Å²) in [7, 11) is 0. The van der Waals surface area contributed by atoms with Crippen LogP contribution < -0.4 is 5.32 Å². The van der Waals surface area contributed by atoms with Gasteiger partial charge in [-0.05, 0) is 30.2 Å². The summed E-state index contributed by atoms with van der Waals surface area (Å²) in [5, 5.41) is 7.86. The van der Waals surface area contributed by atoms with Crippen LogP contribution in [0.2, 0.25) is 0 Å². The van der Waals surface area contributed by atoms with Crippen molar-refractivity contribution in [1.82, 2.24) is 14.7 Å². The molecule has 2 aromatic heterocycles. The molecule has 0 bridgehead atoms. The lowest BCUT2D eigenvalue weighted by Crippen LogP contribution is -2.41. The van der Waals surface area contributed by atoms with Crippen molar-refractivity contribution >= 4 is 28.2 Å². The third kappa shape index (κ3) is 4.37. The topological polar surface area (TPSA) is 76.5 Å². The molecule has 0 unspecified atom stereocenters. The van der Waals surface area contributed by atoms with Crippen LogP contribution in [0, 0.1) is 6.92 Å². The number of rotatable bonds is 5. The summed E-state index contributed by atoms with van der Waals surface area (Å²) in [5.41, 5.74) is 3.69. The summed E-state index contributed by atoms with van der Waals surface area (Å²) in [5.74, 6) is -0.395. The van der Waals surface area contributed by atoms with E-state index in [1.54, 1.807) is 15.8 Å². The van der Waals surface area contributed by atoms with E-state index in [2.05, 4.69) is 10.4 Å². The molecule has 0 saturated carbocycles. The second-order valence-electron chi connectivity index (χ2n) is 7.99. The molecular formula is C26H24N4O3S. The van der Waals surface area contributed by atoms with Crippen molar-refractivity contribution in [2.24, 2.45) is 0 Å². The Bertz CT molecular complexity index is 1310. The van der Waals surface area contributed by atoms with E-state index in [0.29, 0.717) is 42.4 Å². The fraction of sp³-hybridized carbons (Fsp3) is 0.192. The minimum absolute atomic E-state index is 0.0884. The summed E-state index contributed by atoms with van der Waals surface area (Å²) in [6, 6.07) is 19.5. The number of benzene rings is 2. The van der Waals surface area contributed by atoms with Crippen LogP contribution in [0.4, 0.5) is 5.00 Å². The number of para-hydroxylation sites is 1. The molecule has 2 amide bonds. The third-order valence-corrected chi connectivity index (χ3v) is 7.04. The highest BCUT2D eigenvalue weighted by Gasteiger charge is 2.28. The molecule has 3 heterocycles. The fourth-order valence-corrected chi connectivity index (χ4v) is 5.19. The van der Waals surface area contributed by atoms with Crippen LogP contribution in [-0.4, -0.2) is 52.8 Å². The summed E-state index contributed by atoms with van der Waals surface area (Å²) in [6.45, 7) is 4.04. The molecule has 0 aliphatic carbocycles. The van der Waals surface area contributed by atoms with E-state index in [1.165, 1.54) is 17.5 Å². The highest BCUT2D eigenvalue weighted by molar-refractivity contribution is 7.20. The summed E-state index contributed by atoms with van der Waals surface area (Å²) < 4.78 is 7.07. The van der Waals surface area contributed by atoms with Crippen LogP contribution in [0.5, 0.6) is 0 Å². The van der Waals surface area contributed by atoms with E-state index in [0.717, 1.165) is 21.7 Å². The van der Waals surface area contributed by atoms with Gasteiger partial charge in [0.05, 0.1) is 36.2 Å². The molecule has 172 valence electrons. The van der Waals surface area contributed by atoms with Crippen molar-refractivity contribution in [3.63, 3.8) is 0 Å². The van der Waals surface area contributed by atoms with Gasteiger partial charge in [-0.1, -0.05) is 48.5 Å². The van der Waals surface area contributed by atoms with E-state index in [4.69, 9.17) is 4.74 Å². The highest BCUT2D eigenvalue weighted by atomic mass is 32.1. The lowest BCUT2D eigenvalue weighted by molar-refractivity contribution is 0.0303. The van der Waals surface area contributed by atoms with Crippen LogP contribution >= 0.6 is 11.3 Å². The number of amides is 2. The first-order valence-electron chi connectivity index (χ1n) is 11.1. The lowest BCUT2D eigenvalue weighted by Gasteiger charge is -2.27. The number of nitrogens with one attached hydrogen (secondary N) is 1. The average molecular weight is 473 g/mol. The van der Waals surface area contributed by atoms with Gasteiger partial charge in [0.1, 0.15) is 5.00 Å². The molecule has 1 aliphatic heterocycles. The second-order valence-corrected chi connectivity index (χ2v) is 9.01. The van der Waals surface area contributed by atoms with Crippen molar-refractivity contribution in [3.05, 3.63) is 89.7 Å². The van der Waals surface area contributed by atoms with Crippen LogP contribution in [-0.2, 0) is 4.74 Å². The van der Waals surface area contributed by atoms with E-state index >= 15 is 0 Å². The van der Waals surface area contributed by atoms with E-state index in [-0.39, 0.29) is 11.8 Å². The zero-order valence-corrected chi connectivity index (χ0v) is 19.5. The van der Waals surface area contributed by atoms with Gasteiger partial charge < -0.3 is 15.0 Å². The molecule has 34 heavy (non-hydrogen) atoms. The van der Waals surface area contributed by atoms with Gasteiger partial charge in [-0.3, -0.25) is 9.59 Å². The second kappa shape index (κ2) is 9.62. The molecule has 1 fully saturated rings. The zero-order chi connectivity index (χ0) is 23.5. The largest absolute Gasteiger partial charge is 0.378 e. The van der Waals surface area contributed by atoms with Gasteiger partial charge in [0.25, 0.3) is 11.8 Å². The van der Waals surface area contributed by atoms with Gasteiger partial charge in [0.15, 0.2) is 0 Å². The molecule has 0 atom stereocenters. The van der Waals surface area contributed by atoms with E-state index in [9.17, 15) is 9.59 Å². The predicted octanol–water partition coefficient (Wildman–Crippen LogP) is 4.63. The average Bonchev–Trinajstić information content (AvgIpc) is 3.50. The maximum atomic E-state index is 13.5. The molecule has 1 aliphatic rings. The van der Waals surface area contributed by atoms with Crippen molar-refractivity contribution in [2.45, 2.75) is 6.92 Å². The summed E-state index contributed by atoms with van der Waals surface area (Å²) in [4.78, 5) is 29.4. The molecule has 7 nitrogen and oxygen atoms in total. The Morgan fingerprint density at radius 1 is 1.00 bits per heavy atom. The quantitative estimate of drug-likeness (QED) is 0.459. The molecule has 1 N–H and O–H groups in total. The Hall–Kier alpha value is -3.75. The molecular weight excluding hydrogens is 448 g/mol. The van der Waals surface area contributed by atoms with Crippen LogP contribution in [0.1, 0.15) is 26.3 Å². The molecule has 8 heteroatoms. The summed E-state index contributed by atoms with van der Waals surface area (Å²) >= 11 is 1.42. The van der Waals surface area contributed by atoms with Crippen LogP contribution in [0.25, 0.3) is 16.1 Å². The lowest BCUT2D eigenvalue weighted by atomic mass is 10.1. The molecule has 5 rings (SSSR count). The van der Waals surface area contributed by atoms with Crippen molar-refractivity contribution in [2.75, 3.05) is 31.6 Å². The number of thiophene rings is 1. The number of hydrogen-bond acceptors (Lipinski definition) is 5. The maximum absolute atomic E-state index is 13.5. The first kappa shape index (κ1) is 22.1. The standard InChI is InChI=1S/C26H24N4O3S/c1-18-22(26(32)29-12-14-33-15-13-29)25(34-23(18)19-8-4-2-5-9-19)28-24(31)20-16-27-30(17-20)21-10-6-3-7-11-21/h2-11,16-17H,12-15H2,1H3,(H,28,31). The highest BCUT2D eigenvalue weighted by Crippen LogP contribution is 2.40. The Kier molecular flexibility index (Phi) is 6.24. The van der Waals surface area contributed by atoms with Crippen molar-refractivity contribution in [3.8, 4) is 16.1 Å². The zero-order valence-electron chi connectivity index (χ0n) is 18.7. The normalized spacial score (nSPS) is 13.6. The van der Waals surface area contributed by atoms with Crippen LogP contribution in [0.3, 0.4) is 0 Å². The molecule has 0 spiro atoms. The Morgan fingerprint density at radius 3 is 2.38 bits per heavy atom. The number of nitrogens with zero attached hydrogens (tertiary/aromatic N) is 3. The summed E-state index contributed by atoms with van der Waals surface area (Å²) in [6.07, 6.45) is 3.22. The smallest absolute Gasteiger partial charge is 0.259 e.